The van der Waals surface area contributed by atoms with Crippen LogP contribution < -0.4 is 10.6 Å². The number of halogens is 1. The number of likely N-dealkylation sites (tertiary alicyclic amines) is 1. The molecule has 5 nitrogen and oxygen atoms in total. The lowest BCUT2D eigenvalue weighted by Gasteiger charge is -2.33. The summed E-state index contributed by atoms with van der Waals surface area (Å²) in [7, 11) is 0. The maximum absolute atomic E-state index is 12.4. The lowest BCUT2D eigenvalue weighted by molar-refractivity contribution is -0.126. The second-order valence-electron chi connectivity index (χ2n) is 7.71. The highest BCUT2D eigenvalue weighted by Gasteiger charge is 2.28. The van der Waals surface area contributed by atoms with E-state index in [-0.39, 0.29) is 17.9 Å². The third-order valence-electron chi connectivity index (χ3n) is 5.71. The van der Waals surface area contributed by atoms with Crippen LogP contribution in [0, 0.1) is 5.92 Å². The van der Waals surface area contributed by atoms with Crippen molar-refractivity contribution in [1.82, 2.24) is 15.5 Å². The highest BCUT2D eigenvalue weighted by molar-refractivity contribution is 6.30. The van der Waals surface area contributed by atoms with Gasteiger partial charge in [0.2, 0.25) is 5.91 Å². The Balaban J connectivity index is 1.34. The maximum Gasteiger partial charge on any atom is 0.317 e. The van der Waals surface area contributed by atoms with E-state index in [1.54, 1.807) is 0 Å². The summed E-state index contributed by atoms with van der Waals surface area (Å²) in [5.74, 6) is 0.116. The number of piperidine rings is 1. The van der Waals surface area contributed by atoms with Crippen LogP contribution in [0.5, 0.6) is 0 Å². The molecule has 27 heavy (non-hydrogen) atoms. The minimum atomic E-state index is 0.00829. The van der Waals surface area contributed by atoms with Crippen molar-refractivity contribution in [2.24, 2.45) is 5.92 Å². The molecule has 1 aromatic carbocycles. The number of hydrogen-bond donors (Lipinski definition) is 2. The van der Waals surface area contributed by atoms with Crippen LogP contribution in [0.4, 0.5) is 4.79 Å². The zero-order valence-electron chi connectivity index (χ0n) is 15.9. The summed E-state index contributed by atoms with van der Waals surface area (Å²) in [5.41, 5.74) is 1.16. The van der Waals surface area contributed by atoms with Crippen LogP contribution in [0.25, 0.3) is 0 Å². The van der Waals surface area contributed by atoms with Gasteiger partial charge in [-0.15, -0.1) is 0 Å². The third-order valence-corrected chi connectivity index (χ3v) is 5.96. The fraction of sp³-hybridized carbons (Fsp3) is 0.619. The zero-order chi connectivity index (χ0) is 19.1. The standard InChI is InChI=1S/C21H30ClN3O2/c22-18-8-6-16(7-9-18)10-13-23-20(26)17-11-14-25(15-12-17)21(27)24-19-4-2-1-3-5-19/h6-9,17,19H,1-5,10-15H2,(H,23,26)(H,24,27). The lowest BCUT2D eigenvalue weighted by Crippen LogP contribution is -2.49. The number of nitrogens with zero attached hydrogens (tertiary/aromatic N) is 1. The molecular formula is C21H30ClN3O2. The second kappa shape index (κ2) is 9.98. The van der Waals surface area contributed by atoms with E-state index < -0.39 is 0 Å². The van der Waals surface area contributed by atoms with Gasteiger partial charge in [0, 0.05) is 36.6 Å². The second-order valence-corrected chi connectivity index (χ2v) is 8.15. The van der Waals surface area contributed by atoms with Crippen molar-refractivity contribution in [1.29, 1.82) is 0 Å². The normalized spacial score (nSPS) is 18.9. The van der Waals surface area contributed by atoms with Crippen LogP contribution in [-0.2, 0) is 11.2 Å². The van der Waals surface area contributed by atoms with Crippen molar-refractivity contribution in [2.75, 3.05) is 19.6 Å². The Bertz CT molecular complexity index is 621. The number of benzene rings is 1. The average Bonchev–Trinajstić information content (AvgIpc) is 2.70. The first-order chi connectivity index (χ1) is 13.1. The van der Waals surface area contributed by atoms with Crippen molar-refractivity contribution in [2.45, 2.75) is 57.4 Å². The first-order valence-corrected chi connectivity index (χ1v) is 10.6. The molecule has 1 heterocycles. The molecule has 2 aliphatic rings. The molecule has 0 radical (unpaired) electrons. The largest absolute Gasteiger partial charge is 0.356 e. The highest BCUT2D eigenvalue weighted by Crippen LogP contribution is 2.20. The molecule has 0 aromatic heterocycles. The van der Waals surface area contributed by atoms with Crippen LogP contribution >= 0.6 is 11.6 Å². The quantitative estimate of drug-likeness (QED) is 0.802. The molecule has 6 heteroatoms. The van der Waals surface area contributed by atoms with Gasteiger partial charge in [-0.2, -0.15) is 0 Å². The first kappa shape index (κ1) is 20.0. The van der Waals surface area contributed by atoms with Crippen molar-refractivity contribution >= 4 is 23.5 Å². The van der Waals surface area contributed by atoms with Gasteiger partial charge in [0.25, 0.3) is 0 Å². The van der Waals surface area contributed by atoms with Crippen molar-refractivity contribution in [3.63, 3.8) is 0 Å². The molecule has 1 saturated heterocycles. The van der Waals surface area contributed by atoms with E-state index in [4.69, 9.17) is 11.6 Å². The minimum absolute atomic E-state index is 0.00829. The molecule has 0 unspecified atom stereocenters. The van der Waals surface area contributed by atoms with Gasteiger partial charge in [0.05, 0.1) is 0 Å². The Morgan fingerprint density at radius 3 is 2.33 bits per heavy atom. The Labute approximate surface area is 166 Å². The van der Waals surface area contributed by atoms with Crippen molar-refractivity contribution < 1.29 is 9.59 Å². The van der Waals surface area contributed by atoms with E-state index in [0.717, 1.165) is 42.7 Å². The first-order valence-electron chi connectivity index (χ1n) is 10.2. The predicted molar refractivity (Wildman–Crippen MR) is 108 cm³/mol. The molecule has 3 rings (SSSR count). The molecule has 3 amide bonds. The number of rotatable bonds is 5. The monoisotopic (exact) mass is 391 g/mol. The van der Waals surface area contributed by atoms with E-state index in [1.165, 1.54) is 19.3 Å². The number of amides is 3. The number of carbonyl (C=O) groups excluding carboxylic acids is 2. The third kappa shape index (κ3) is 6.13. The Hall–Kier alpha value is -1.75. The molecule has 1 saturated carbocycles. The molecule has 2 fully saturated rings. The molecule has 0 atom stereocenters. The Morgan fingerprint density at radius 1 is 1.00 bits per heavy atom. The summed E-state index contributed by atoms with van der Waals surface area (Å²) in [5, 5.41) is 6.92. The fourth-order valence-electron chi connectivity index (χ4n) is 3.98. The number of urea groups is 1. The van der Waals surface area contributed by atoms with Crippen LogP contribution in [-0.4, -0.2) is 42.5 Å². The van der Waals surface area contributed by atoms with Gasteiger partial charge in [-0.1, -0.05) is 43.0 Å². The highest BCUT2D eigenvalue weighted by atomic mass is 35.5. The SMILES string of the molecule is O=C(NCCc1ccc(Cl)cc1)C1CCN(C(=O)NC2CCCCC2)CC1. The molecule has 1 aliphatic carbocycles. The van der Waals surface area contributed by atoms with Gasteiger partial charge in [0.1, 0.15) is 0 Å². The summed E-state index contributed by atoms with van der Waals surface area (Å²) in [4.78, 5) is 26.7. The molecule has 1 aromatic rings. The van der Waals surface area contributed by atoms with Gasteiger partial charge in [-0.3, -0.25) is 4.79 Å². The number of hydrogen-bond acceptors (Lipinski definition) is 2. The van der Waals surface area contributed by atoms with Crippen molar-refractivity contribution in [3.05, 3.63) is 34.9 Å². The van der Waals surface area contributed by atoms with Crippen LogP contribution in [0.15, 0.2) is 24.3 Å². The molecule has 148 valence electrons. The maximum atomic E-state index is 12.4. The summed E-state index contributed by atoms with van der Waals surface area (Å²) >= 11 is 5.88. The molecule has 2 N–H and O–H groups in total. The van der Waals surface area contributed by atoms with E-state index >= 15 is 0 Å². The summed E-state index contributed by atoms with van der Waals surface area (Å²) < 4.78 is 0. The summed E-state index contributed by atoms with van der Waals surface area (Å²) in [6.45, 7) is 1.95. The summed E-state index contributed by atoms with van der Waals surface area (Å²) in [6.07, 6.45) is 8.18. The molecular weight excluding hydrogens is 362 g/mol. The Morgan fingerprint density at radius 2 is 1.67 bits per heavy atom. The number of nitrogens with one attached hydrogen (secondary N) is 2. The zero-order valence-corrected chi connectivity index (χ0v) is 16.6. The van der Waals surface area contributed by atoms with E-state index in [0.29, 0.717) is 25.7 Å². The van der Waals surface area contributed by atoms with E-state index in [2.05, 4.69) is 10.6 Å². The minimum Gasteiger partial charge on any atom is -0.356 e. The van der Waals surface area contributed by atoms with Gasteiger partial charge < -0.3 is 15.5 Å². The topological polar surface area (TPSA) is 61.4 Å². The predicted octanol–water partition coefficient (Wildman–Crippen LogP) is 3.75. The van der Waals surface area contributed by atoms with Gasteiger partial charge in [0.15, 0.2) is 0 Å². The van der Waals surface area contributed by atoms with E-state index in [1.807, 2.05) is 29.2 Å². The van der Waals surface area contributed by atoms with Gasteiger partial charge in [-0.05, 0) is 49.8 Å². The summed E-state index contributed by atoms with van der Waals surface area (Å²) in [6, 6.07) is 8.08. The van der Waals surface area contributed by atoms with Gasteiger partial charge >= 0.3 is 6.03 Å². The molecule has 0 spiro atoms. The van der Waals surface area contributed by atoms with Crippen LogP contribution in [0.3, 0.4) is 0 Å². The molecule has 0 bridgehead atoms. The van der Waals surface area contributed by atoms with Crippen LogP contribution in [0.2, 0.25) is 5.02 Å². The Kier molecular flexibility index (Phi) is 7.39. The van der Waals surface area contributed by atoms with Crippen LogP contribution in [0.1, 0.15) is 50.5 Å². The van der Waals surface area contributed by atoms with Gasteiger partial charge in [-0.25, -0.2) is 4.79 Å². The van der Waals surface area contributed by atoms with E-state index in [9.17, 15) is 9.59 Å². The van der Waals surface area contributed by atoms with Crippen molar-refractivity contribution in [3.8, 4) is 0 Å². The smallest absolute Gasteiger partial charge is 0.317 e. The lowest BCUT2D eigenvalue weighted by atomic mass is 9.95. The number of carbonyl (C=O) groups is 2. The molecule has 1 aliphatic heterocycles. The fourth-order valence-corrected chi connectivity index (χ4v) is 4.11. The average molecular weight is 392 g/mol.